The summed E-state index contributed by atoms with van der Waals surface area (Å²) in [6, 6.07) is 7.04. The molecular formula is C18H25NO. The number of ether oxygens (including phenoxy) is 1. The van der Waals surface area contributed by atoms with Gasteiger partial charge < -0.3 is 10.1 Å². The average molecular weight is 271 g/mol. The second-order valence-corrected chi connectivity index (χ2v) is 5.32. The predicted octanol–water partition coefficient (Wildman–Crippen LogP) is 3.66. The SMILES string of the molecule is CC=CC(=CC)CNC1CCc2cc(OC)ccc2C1. The molecule has 0 radical (unpaired) electrons. The summed E-state index contributed by atoms with van der Waals surface area (Å²) in [4.78, 5) is 0. The molecule has 0 heterocycles. The van der Waals surface area contributed by atoms with Crippen LogP contribution >= 0.6 is 0 Å². The van der Waals surface area contributed by atoms with Crippen LogP contribution in [-0.2, 0) is 12.8 Å². The van der Waals surface area contributed by atoms with Gasteiger partial charge in [-0.05, 0) is 61.9 Å². The fraction of sp³-hybridized carbons (Fsp3) is 0.444. The number of rotatable bonds is 5. The van der Waals surface area contributed by atoms with E-state index in [9.17, 15) is 0 Å². The fourth-order valence-corrected chi connectivity index (χ4v) is 2.77. The van der Waals surface area contributed by atoms with E-state index in [4.69, 9.17) is 4.74 Å². The Morgan fingerprint density at radius 3 is 2.90 bits per heavy atom. The molecule has 20 heavy (non-hydrogen) atoms. The van der Waals surface area contributed by atoms with Crippen molar-refractivity contribution in [3.8, 4) is 5.75 Å². The molecule has 1 aromatic carbocycles. The van der Waals surface area contributed by atoms with Crippen LogP contribution in [0.15, 0.2) is 42.0 Å². The number of fused-ring (bicyclic) bond motifs is 1. The van der Waals surface area contributed by atoms with Gasteiger partial charge >= 0.3 is 0 Å². The van der Waals surface area contributed by atoms with E-state index < -0.39 is 0 Å². The Morgan fingerprint density at radius 2 is 2.20 bits per heavy atom. The van der Waals surface area contributed by atoms with Crippen molar-refractivity contribution in [3.05, 3.63) is 53.1 Å². The molecule has 108 valence electrons. The van der Waals surface area contributed by atoms with Crippen molar-refractivity contribution in [1.29, 1.82) is 0 Å². The van der Waals surface area contributed by atoms with E-state index in [1.165, 1.54) is 23.1 Å². The van der Waals surface area contributed by atoms with Crippen molar-refractivity contribution < 1.29 is 4.74 Å². The van der Waals surface area contributed by atoms with Gasteiger partial charge in [-0.3, -0.25) is 0 Å². The second kappa shape index (κ2) is 7.30. The van der Waals surface area contributed by atoms with Gasteiger partial charge in [-0.15, -0.1) is 0 Å². The van der Waals surface area contributed by atoms with E-state index in [0.717, 1.165) is 25.1 Å². The van der Waals surface area contributed by atoms with Crippen LogP contribution < -0.4 is 10.1 Å². The third kappa shape index (κ3) is 3.73. The molecule has 1 atom stereocenters. The van der Waals surface area contributed by atoms with Crippen LogP contribution in [0, 0.1) is 0 Å². The van der Waals surface area contributed by atoms with Crippen molar-refractivity contribution in [2.75, 3.05) is 13.7 Å². The zero-order chi connectivity index (χ0) is 14.4. The predicted molar refractivity (Wildman–Crippen MR) is 85.4 cm³/mol. The minimum atomic E-state index is 0.580. The first-order chi connectivity index (χ1) is 9.76. The van der Waals surface area contributed by atoms with E-state index in [1.54, 1.807) is 7.11 Å². The van der Waals surface area contributed by atoms with Crippen LogP contribution in [0.25, 0.3) is 0 Å². The average Bonchev–Trinajstić information content (AvgIpc) is 2.50. The van der Waals surface area contributed by atoms with Gasteiger partial charge in [0, 0.05) is 12.6 Å². The standard InChI is InChI=1S/C18H25NO/c1-4-6-14(5-2)13-19-17-9-7-16-12-18(20-3)10-8-15(16)11-17/h4-6,8,10,12,17,19H,7,9,11,13H2,1-3H3. The summed E-state index contributed by atoms with van der Waals surface area (Å²) >= 11 is 0. The second-order valence-electron chi connectivity index (χ2n) is 5.32. The van der Waals surface area contributed by atoms with E-state index in [1.807, 2.05) is 0 Å². The summed E-state index contributed by atoms with van der Waals surface area (Å²) in [5, 5.41) is 3.68. The summed E-state index contributed by atoms with van der Waals surface area (Å²) in [7, 11) is 1.73. The molecule has 0 aliphatic heterocycles. The fourth-order valence-electron chi connectivity index (χ4n) is 2.77. The first-order valence-corrected chi connectivity index (χ1v) is 7.44. The maximum atomic E-state index is 5.30. The van der Waals surface area contributed by atoms with Gasteiger partial charge in [-0.1, -0.05) is 24.3 Å². The molecule has 0 saturated heterocycles. The van der Waals surface area contributed by atoms with E-state index >= 15 is 0 Å². The molecular weight excluding hydrogens is 246 g/mol. The summed E-state index contributed by atoms with van der Waals surface area (Å²) < 4.78 is 5.30. The highest BCUT2D eigenvalue weighted by molar-refractivity contribution is 5.38. The monoisotopic (exact) mass is 271 g/mol. The van der Waals surface area contributed by atoms with Crippen LogP contribution in [0.2, 0.25) is 0 Å². The van der Waals surface area contributed by atoms with Crippen molar-refractivity contribution in [1.82, 2.24) is 5.32 Å². The molecule has 1 N–H and O–H groups in total. The first kappa shape index (κ1) is 14.9. The first-order valence-electron chi connectivity index (χ1n) is 7.44. The van der Waals surface area contributed by atoms with Crippen LogP contribution in [-0.4, -0.2) is 19.7 Å². The van der Waals surface area contributed by atoms with Gasteiger partial charge in [-0.2, -0.15) is 0 Å². The topological polar surface area (TPSA) is 21.3 Å². The number of benzene rings is 1. The van der Waals surface area contributed by atoms with Gasteiger partial charge in [0.1, 0.15) is 5.75 Å². The van der Waals surface area contributed by atoms with Crippen LogP contribution in [0.5, 0.6) is 5.75 Å². The lowest BCUT2D eigenvalue weighted by Gasteiger charge is -2.26. The maximum absolute atomic E-state index is 5.30. The van der Waals surface area contributed by atoms with Crippen molar-refractivity contribution in [2.24, 2.45) is 0 Å². The molecule has 0 fully saturated rings. The highest BCUT2D eigenvalue weighted by Crippen LogP contribution is 2.25. The number of nitrogens with one attached hydrogen (secondary N) is 1. The number of allylic oxidation sites excluding steroid dienone is 2. The van der Waals surface area contributed by atoms with Gasteiger partial charge in [0.15, 0.2) is 0 Å². The lowest BCUT2D eigenvalue weighted by Crippen LogP contribution is -2.35. The Kier molecular flexibility index (Phi) is 5.42. The van der Waals surface area contributed by atoms with Crippen LogP contribution in [0.4, 0.5) is 0 Å². The number of hydrogen-bond acceptors (Lipinski definition) is 2. The zero-order valence-electron chi connectivity index (χ0n) is 12.8. The number of methoxy groups -OCH3 is 1. The van der Waals surface area contributed by atoms with E-state index in [2.05, 4.69) is 55.6 Å². The van der Waals surface area contributed by atoms with Gasteiger partial charge in [0.2, 0.25) is 0 Å². The van der Waals surface area contributed by atoms with Gasteiger partial charge in [0.25, 0.3) is 0 Å². The molecule has 1 aromatic rings. The highest BCUT2D eigenvalue weighted by atomic mass is 16.5. The molecule has 2 nitrogen and oxygen atoms in total. The summed E-state index contributed by atoms with van der Waals surface area (Å²) in [6.45, 7) is 5.12. The van der Waals surface area contributed by atoms with E-state index in [-0.39, 0.29) is 0 Å². The third-order valence-electron chi connectivity index (χ3n) is 3.99. The Bertz CT molecular complexity index is 502. The Labute approximate surface area is 122 Å². The van der Waals surface area contributed by atoms with Crippen LogP contribution in [0.3, 0.4) is 0 Å². The molecule has 1 aliphatic carbocycles. The minimum absolute atomic E-state index is 0.580. The van der Waals surface area contributed by atoms with Gasteiger partial charge in [0.05, 0.1) is 7.11 Å². The molecule has 2 rings (SSSR count). The molecule has 1 aliphatic rings. The van der Waals surface area contributed by atoms with Gasteiger partial charge in [-0.25, -0.2) is 0 Å². The normalized spacial score (nSPS) is 19.1. The van der Waals surface area contributed by atoms with Crippen molar-refractivity contribution in [2.45, 2.75) is 39.2 Å². The molecule has 1 unspecified atom stereocenters. The number of hydrogen-bond donors (Lipinski definition) is 1. The quantitative estimate of drug-likeness (QED) is 0.825. The maximum Gasteiger partial charge on any atom is 0.119 e. The summed E-state index contributed by atoms with van der Waals surface area (Å²) in [6.07, 6.45) is 9.90. The lowest BCUT2D eigenvalue weighted by molar-refractivity contribution is 0.412. The molecule has 2 heteroatoms. The highest BCUT2D eigenvalue weighted by Gasteiger charge is 2.18. The van der Waals surface area contributed by atoms with E-state index in [0.29, 0.717) is 6.04 Å². The molecule has 0 amide bonds. The molecule has 0 aromatic heterocycles. The Balaban J connectivity index is 1.94. The minimum Gasteiger partial charge on any atom is -0.497 e. The molecule has 0 saturated carbocycles. The summed E-state index contributed by atoms with van der Waals surface area (Å²) in [5.41, 5.74) is 4.26. The largest absolute Gasteiger partial charge is 0.497 e. The lowest BCUT2D eigenvalue weighted by atomic mass is 9.88. The molecule has 0 bridgehead atoms. The van der Waals surface area contributed by atoms with Crippen LogP contribution in [0.1, 0.15) is 31.4 Å². The number of aryl methyl sites for hydroxylation is 1. The zero-order valence-corrected chi connectivity index (χ0v) is 12.8. The smallest absolute Gasteiger partial charge is 0.119 e. The Morgan fingerprint density at radius 1 is 1.35 bits per heavy atom. The molecule has 0 spiro atoms. The third-order valence-corrected chi connectivity index (χ3v) is 3.99. The van der Waals surface area contributed by atoms with Crippen molar-refractivity contribution in [3.63, 3.8) is 0 Å². The summed E-state index contributed by atoms with van der Waals surface area (Å²) in [5.74, 6) is 0.972. The Hall–Kier alpha value is -1.54. The van der Waals surface area contributed by atoms with Crippen molar-refractivity contribution >= 4 is 0 Å².